The summed E-state index contributed by atoms with van der Waals surface area (Å²) >= 11 is 1.63. The Labute approximate surface area is 164 Å². The van der Waals surface area contributed by atoms with Gasteiger partial charge in [0.25, 0.3) is 5.91 Å². The Balaban J connectivity index is 1.51. The number of rotatable bonds is 7. The molecular formula is C22H24N2O2S. The van der Waals surface area contributed by atoms with Crippen LogP contribution in [-0.4, -0.2) is 23.5 Å². The summed E-state index contributed by atoms with van der Waals surface area (Å²) in [6, 6.07) is 15.6. The van der Waals surface area contributed by atoms with Crippen molar-refractivity contribution in [2.45, 2.75) is 33.3 Å². The highest BCUT2D eigenvalue weighted by Gasteiger charge is 2.08. The molecule has 0 saturated carbocycles. The molecule has 3 aromatic rings. The number of thiazole rings is 1. The van der Waals surface area contributed by atoms with E-state index in [1.165, 1.54) is 5.56 Å². The van der Waals surface area contributed by atoms with Gasteiger partial charge in [0.1, 0.15) is 10.8 Å². The Morgan fingerprint density at radius 1 is 1.11 bits per heavy atom. The lowest BCUT2D eigenvalue weighted by atomic mass is 10.2. The second-order valence-corrected chi connectivity index (χ2v) is 7.57. The molecule has 0 unspecified atom stereocenters. The Bertz CT molecular complexity index is 883. The molecule has 1 N–H and O–H groups in total. The van der Waals surface area contributed by atoms with E-state index in [0.29, 0.717) is 18.5 Å². The number of amides is 1. The second kappa shape index (κ2) is 8.82. The molecule has 0 atom stereocenters. The molecule has 0 aliphatic rings. The number of hydrogen-bond acceptors (Lipinski definition) is 4. The van der Waals surface area contributed by atoms with Gasteiger partial charge in [-0.25, -0.2) is 4.98 Å². The average molecular weight is 381 g/mol. The largest absolute Gasteiger partial charge is 0.491 e. The number of aryl methyl sites for hydroxylation is 1. The van der Waals surface area contributed by atoms with Crippen molar-refractivity contribution in [3.05, 3.63) is 70.7 Å². The number of carbonyl (C=O) groups is 1. The van der Waals surface area contributed by atoms with Gasteiger partial charge in [-0.1, -0.05) is 29.8 Å². The van der Waals surface area contributed by atoms with Crippen LogP contribution >= 0.6 is 11.3 Å². The van der Waals surface area contributed by atoms with Gasteiger partial charge in [0.15, 0.2) is 0 Å². The number of hydrogen-bond donors (Lipinski definition) is 1. The maximum atomic E-state index is 12.3. The molecule has 0 spiro atoms. The molecule has 5 heteroatoms. The van der Waals surface area contributed by atoms with Crippen LogP contribution < -0.4 is 10.1 Å². The van der Waals surface area contributed by atoms with Gasteiger partial charge >= 0.3 is 0 Å². The number of benzene rings is 2. The van der Waals surface area contributed by atoms with Crippen LogP contribution in [0.1, 0.15) is 35.5 Å². The van der Waals surface area contributed by atoms with Gasteiger partial charge in [-0.15, -0.1) is 11.3 Å². The van der Waals surface area contributed by atoms with Crippen LogP contribution in [0.2, 0.25) is 0 Å². The maximum Gasteiger partial charge on any atom is 0.251 e. The van der Waals surface area contributed by atoms with Crippen molar-refractivity contribution in [2.75, 3.05) is 6.54 Å². The molecule has 0 aliphatic carbocycles. The average Bonchev–Trinajstić information content (AvgIpc) is 3.11. The Kier molecular flexibility index (Phi) is 6.24. The van der Waals surface area contributed by atoms with Gasteiger partial charge in [-0.3, -0.25) is 4.79 Å². The highest BCUT2D eigenvalue weighted by Crippen LogP contribution is 2.24. The van der Waals surface area contributed by atoms with Crippen LogP contribution in [0, 0.1) is 6.92 Å². The maximum absolute atomic E-state index is 12.3. The topological polar surface area (TPSA) is 51.2 Å². The minimum absolute atomic E-state index is 0.0833. The predicted molar refractivity (Wildman–Crippen MR) is 111 cm³/mol. The monoisotopic (exact) mass is 380 g/mol. The third-order valence-corrected chi connectivity index (χ3v) is 4.95. The zero-order chi connectivity index (χ0) is 19.2. The quantitative estimate of drug-likeness (QED) is 0.636. The van der Waals surface area contributed by atoms with Gasteiger partial charge in [0.05, 0.1) is 11.8 Å². The predicted octanol–water partition coefficient (Wildman–Crippen LogP) is 4.88. The molecule has 0 bridgehead atoms. The van der Waals surface area contributed by atoms with E-state index < -0.39 is 0 Å². The summed E-state index contributed by atoms with van der Waals surface area (Å²) in [5.74, 6) is 0.688. The highest BCUT2D eigenvalue weighted by molar-refractivity contribution is 7.13. The summed E-state index contributed by atoms with van der Waals surface area (Å²) in [5, 5.41) is 6.02. The van der Waals surface area contributed by atoms with Crippen molar-refractivity contribution in [3.8, 4) is 16.3 Å². The van der Waals surface area contributed by atoms with E-state index in [1.807, 2.05) is 26.0 Å². The fraction of sp³-hybridized carbons (Fsp3) is 0.273. The third-order valence-electron chi connectivity index (χ3n) is 4.01. The molecule has 0 radical (unpaired) electrons. The first kappa shape index (κ1) is 19.1. The summed E-state index contributed by atoms with van der Waals surface area (Å²) < 4.78 is 5.59. The van der Waals surface area contributed by atoms with Crippen molar-refractivity contribution in [1.82, 2.24) is 10.3 Å². The number of nitrogens with zero attached hydrogens (tertiary/aromatic N) is 1. The van der Waals surface area contributed by atoms with Crippen LogP contribution in [0.15, 0.2) is 53.9 Å². The van der Waals surface area contributed by atoms with Crippen LogP contribution in [-0.2, 0) is 6.42 Å². The summed E-state index contributed by atoms with van der Waals surface area (Å²) in [7, 11) is 0. The Morgan fingerprint density at radius 3 is 2.48 bits per heavy atom. The van der Waals surface area contributed by atoms with Gasteiger partial charge in [0.2, 0.25) is 0 Å². The Morgan fingerprint density at radius 2 is 1.81 bits per heavy atom. The lowest BCUT2D eigenvalue weighted by Gasteiger charge is -2.10. The molecule has 3 rings (SSSR count). The van der Waals surface area contributed by atoms with Crippen LogP contribution in [0.4, 0.5) is 0 Å². The summed E-state index contributed by atoms with van der Waals surface area (Å²) in [5.41, 5.74) is 3.99. The first-order chi connectivity index (χ1) is 13.0. The van der Waals surface area contributed by atoms with Crippen molar-refractivity contribution in [2.24, 2.45) is 0 Å². The summed E-state index contributed by atoms with van der Waals surface area (Å²) in [6.45, 7) is 6.58. The van der Waals surface area contributed by atoms with E-state index in [1.54, 1.807) is 23.5 Å². The van der Waals surface area contributed by atoms with Crippen LogP contribution in [0.3, 0.4) is 0 Å². The van der Waals surface area contributed by atoms with E-state index in [2.05, 4.69) is 46.9 Å². The number of carbonyl (C=O) groups excluding carboxylic acids is 1. The van der Waals surface area contributed by atoms with Crippen molar-refractivity contribution >= 4 is 17.2 Å². The van der Waals surface area contributed by atoms with Crippen molar-refractivity contribution in [1.29, 1.82) is 0 Å². The molecule has 4 nitrogen and oxygen atoms in total. The zero-order valence-electron chi connectivity index (χ0n) is 15.9. The minimum atomic E-state index is -0.0833. The van der Waals surface area contributed by atoms with Gasteiger partial charge < -0.3 is 10.1 Å². The lowest BCUT2D eigenvalue weighted by Crippen LogP contribution is -2.25. The summed E-state index contributed by atoms with van der Waals surface area (Å²) in [4.78, 5) is 16.9. The van der Waals surface area contributed by atoms with Crippen LogP contribution in [0.5, 0.6) is 5.75 Å². The first-order valence-corrected chi connectivity index (χ1v) is 9.95. The molecule has 0 saturated heterocycles. The van der Waals surface area contributed by atoms with Gasteiger partial charge in [0, 0.05) is 29.5 Å². The smallest absolute Gasteiger partial charge is 0.251 e. The molecular weight excluding hydrogens is 356 g/mol. The van der Waals surface area contributed by atoms with E-state index in [0.717, 1.165) is 22.0 Å². The van der Waals surface area contributed by atoms with Crippen molar-refractivity contribution in [3.63, 3.8) is 0 Å². The Hall–Kier alpha value is -2.66. The van der Waals surface area contributed by atoms with Crippen LogP contribution in [0.25, 0.3) is 10.6 Å². The molecule has 0 aliphatic heterocycles. The van der Waals surface area contributed by atoms with E-state index >= 15 is 0 Å². The fourth-order valence-electron chi connectivity index (χ4n) is 2.61. The highest BCUT2D eigenvalue weighted by atomic mass is 32.1. The molecule has 1 heterocycles. The van der Waals surface area contributed by atoms with Gasteiger partial charge in [-0.2, -0.15) is 0 Å². The van der Waals surface area contributed by atoms with E-state index in [9.17, 15) is 4.79 Å². The fourth-order valence-corrected chi connectivity index (χ4v) is 3.47. The second-order valence-electron chi connectivity index (χ2n) is 6.71. The first-order valence-electron chi connectivity index (χ1n) is 9.07. The molecule has 1 amide bonds. The molecule has 2 aromatic carbocycles. The standard InChI is InChI=1S/C22H24N2O2S/c1-15(2)26-20-10-8-17(9-11-20)21(25)23-13-12-19-14-27-22(24-19)18-6-4-16(3)5-7-18/h4-11,14-15H,12-13H2,1-3H3,(H,23,25). The molecule has 140 valence electrons. The summed E-state index contributed by atoms with van der Waals surface area (Å²) in [6.07, 6.45) is 0.829. The third kappa shape index (κ3) is 5.41. The minimum Gasteiger partial charge on any atom is -0.491 e. The van der Waals surface area contributed by atoms with Crippen molar-refractivity contribution < 1.29 is 9.53 Å². The van der Waals surface area contributed by atoms with E-state index in [-0.39, 0.29) is 12.0 Å². The molecule has 1 aromatic heterocycles. The molecule has 27 heavy (non-hydrogen) atoms. The lowest BCUT2D eigenvalue weighted by molar-refractivity contribution is 0.0954. The SMILES string of the molecule is Cc1ccc(-c2nc(CCNC(=O)c3ccc(OC(C)C)cc3)cs2)cc1. The molecule has 0 fully saturated rings. The van der Waals surface area contributed by atoms with E-state index in [4.69, 9.17) is 4.74 Å². The number of aromatic nitrogens is 1. The zero-order valence-corrected chi connectivity index (χ0v) is 16.7. The van der Waals surface area contributed by atoms with Gasteiger partial charge in [-0.05, 0) is 45.0 Å². The number of ether oxygens (including phenoxy) is 1. The number of nitrogens with one attached hydrogen (secondary N) is 1. The normalized spacial score (nSPS) is 10.8.